The van der Waals surface area contributed by atoms with Gasteiger partial charge in [0.1, 0.15) is 12.7 Å². The predicted molar refractivity (Wildman–Crippen MR) is 53.6 cm³/mol. The quantitative estimate of drug-likeness (QED) is 0.498. The molecule has 0 amide bonds. The lowest BCUT2D eigenvalue weighted by Gasteiger charge is -2.10. The molecule has 80 valence electrons. The van der Waals surface area contributed by atoms with Gasteiger partial charge in [-0.05, 0) is 6.92 Å². The highest BCUT2D eigenvalue weighted by molar-refractivity contribution is 5.82. The zero-order valence-electron chi connectivity index (χ0n) is 7.49. The van der Waals surface area contributed by atoms with Gasteiger partial charge in [-0.3, -0.25) is 0 Å². The Morgan fingerprint density at radius 2 is 1.79 bits per heavy atom. The van der Waals surface area contributed by atoms with Crippen LogP contribution in [0, 0.1) is 0 Å². The molecule has 0 rings (SSSR count). The molecule has 0 aromatic rings. The van der Waals surface area contributed by atoms with E-state index in [1.807, 2.05) is 0 Å². The Morgan fingerprint density at radius 1 is 1.29 bits per heavy atom. The Bertz CT molecular complexity index is 220. The van der Waals surface area contributed by atoms with Gasteiger partial charge in [0, 0.05) is 12.2 Å². The third kappa shape index (κ3) is 7.09. The van der Waals surface area contributed by atoms with Crippen LogP contribution in [0.2, 0.25) is 0 Å². The molecule has 0 aliphatic rings. The van der Waals surface area contributed by atoms with Gasteiger partial charge < -0.3 is 9.47 Å². The molecule has 0 radical (unpaired) electrons. The first-order valence-corrected chi connectivity index (χ1v) is 3.72. The lowest BCUT2D eigenvalue weighted by Crippen LogP contribution is -2.20. The van der Waals surface area contributed by atoms with Gasteiger partial charge in [-0.2, -0.15) is 0 Å². The molecule has 4 nitrogen and oxygen atoms in total. The van der Waals surface area contributed by atoms with Gasteiger partial charge in [-0.1, -0.05) is 20.6 Å². The van der Waals surface area contributed by atoms with Crippen LogP contribution in [-0.2, 0) is 19.1 Å². The Kier molecular flexibility index (Phi) is 8.57. The van der Waals surface area contributed by atoms with Crippen LogP contribution < -0.4 is 0 Å². The normalized spacial score (nSPS) is 10.4. The highest BCUT2D eigenvalue weighted by Crippen LogP contribution is 1.94. The van der Waals surface area contributed by atoms with Crippen LogP contribution in [0.4, 0.5) is 0 Å². The molecule has 0 aliphatic heterocycles. The zero-order chi connectivity index (χ0) is 10.3. The number of hydrogen-bond acceptors (Lipinski definition) is 4. The molecule has 0 aliphatic carbocycles. The Labute approximate surface area is 84.2 Å². The summed E-state index contributed by atoms with van der Waals surface area (Å²) >= 11 is 0. The second-order valence-corrected chi connectivity index (χ2v) is 2.29. The first kappa shape index (κ1) is 14.9. The van der Waals surface area contributed by atoms with Crippen molar-refractivity contribution in [3.8, 4) is 0 Å². The lowest BCUT2D eigenvalue weighted by molar-refractivity contribution is -0.151. The van der Waals surface area contributed by atoms with Crippen LogP contribution >= 0.6 is 0 Å². The second-order valence-electron chi connectivity index (χ2n) is 2.29. The summed E-state index contributed by atoms with van der Waals surface area (Å²) in [7, 11) is 0. The van der Waals surface area contributed by atoms with Crippen LogP contribution in [-0.4, -0.2) is 24.6 Å². The van der Waals surface area contributed by atoms with Gasteiger partial charge in [0.25, 0.3) is 0 Å². The fraction of sp³-hybridized carbons (Fsp3) is 0.400. The van der Waals surface area contributed by atoms with Crippen molar-refractivity contribution < 1.29 is 19.1 Å². The van der Waals surface area contributed by atoms with Crippen molar-refractivity contribution in [1.29, 1.82) is 0 Å². The highest BCUT2D eigenvalue weighted by atomic mass is 16.6. The summed E-state index contributed by atoms with van der Waals surface area (Å²) in [6, 6.07) is 0. The van der Waals surface area contributed by atoms with Gasteiger partial charge >= 0.3 is 11.9 Å². The van der Waals surface area contributed by atoms with Crippen molar-refractivity contribution in [3.05, 3.63) is 25.3 Å². The van der Waals surface area contributed by atoms with Crippen LogP contribution in [0.3, 0.4) is 0 Å². The predicted octanol–water partition coefficient (Wildman–Crippen LogP) is 1.47. The van der Waals surface area contributed by atoms with E-state index < -0.39 is 18.0 Å². The summed E-state index contributed by atoms with van der Waals surface area (Å²) in [6.45, 7) is 8.07. The molecular weight excluding hydrogens is 184 g/mol. The molecule has 0 aromatic heterocycles. The molecule has 1 atom stereocenters. The van der Waals surface area contributed by atoms with Gasteiger partial charge in [0.15, 0.2) is 0 Å². The molecule has 0 aromatic carbocycles. The Morgan fingerprint density at radius 3 is 2.21 bits per heavy atom. The summed E-state index contributed by atoms with van der Waals surface area (Å²) in [5.41, 5.74) is 0. The van der Waals surface area contributed by atoms with Gasteiger partial charge in [-0.25, -0.2) is 9.59 Å². The minimum atomic E-state index is -0.540. The van der Waals surface area contributed by atoms with Crippen molar-refractivity contribution >= 4 is 11.9 Å². The first-order valence-electron chi connectivity index (χ1n) is 3.72. The molecule has 0 saturated heterocycles. The summed E-state index contributed by atoms with van der Waals surface area (Å²) < 4.78 is 9.36. The van der Waals surface area contributed by atoms with Crippen LogP contribution in [0.25, 0.3) is 0 Å². The maximum absolute atomic E-state index is 10.6. The largest absolute Gasteiger partial charge is 0.459 e. The van der Waals surface area contributed by atoms with E-state index >= 15 is 0 Å². The van der Waals surface area contributed by atoms with Crippen molar-refractivity contribution in [1.82, 2.24) is 0 Å². The summed E-state index contributed by atoms with van der Waals surface area (Å²) in [5.74, 6) is -1.08. The van der Waals surface area contributed by atoms with E-state index in [2.05, 4.69) is 17.9 Å². The second kappa shape index (κ2) is 8.04. The Balaban J connectivity index is 0. The molecule has 14 heavy (non-hydrogen) atoms. The van der Waals surface area contributed by atoms with Crippen molar-refractivity contribution in [2.45, 2.75) is 20.5 Å². The minimum absolute atomic E-state index is 0. The number of rotatable bonds is 5. The van der Waals surface area contributed by atoms with Crippen molar-refractivity contribution in [3.63, 3.8) is 0 Å². The minimum Gasteiger partial charge on any atom is -0.459 e. The molecule has 0 fully saturated rings. The molecule has 0 heterocycles. The molecule has 0 bridgehead atoms. The highest BCUT2D eigenvalue weighted by Gasteiger charge is 2.07. The molecule has 0 saturated carbocycles. The number of carbonyl (C=O) groups is 2. The first-order chi connectivity index (χ1) is 6.10. The zero-order valence-corrected chi connectivity index (χ0v) is 7.49. The number of hydrogen-bond donors (Lipinski definition) is 0. The monoisotopic (exact) mass is 200 g/mol. The third-order valence-electron chi connectivity index (χ3n) is 1.11. The van der Waals surface area contributed by atoms with Crippen LogP contribution in [0.5, 0.6) is 0 Å². The summed E-state index contributed by atoms with van der Waals surface area (Å²) in [6.07, 6.45) is 1.61. The average molecular weight is 200 g/mol. The molecule has 1 unspecified atom stereocenters. The molecular formula is C10H16O4. The topological polar surface area (TPSA) is 52.6 Å². The average Bonchev–Trinajstić information content (AvgIpc) is 2.13. The molecule has 4 heteroatoms. The Hall–Kier alpha value is -1.58. The van der Waals surface area contributed by atoms with Gasteiger partial charge in [0.05, 0.1) is 0 Å². The van der Waals surface area contributed by atoms with E-state index in [9.17, 15) is 9.59 Å². The van der Waals surface area contributed by atoms with Crippen molar-refractivity contribution in [2.75, 3.05) is 6.61 Å². The fourth-order valence-corrected chi connectivity index (χ4v) is 0.539. The van der Waals surface area contributed by atoms with Gasteiger partial charge in [0.2, 0.25) is 0 Å². The van der Waals surface area contributed by atoms with Crippen LogP contribution in [0.1, 0.15) is 14.4 Å². The number of ether oxygens (including phenoxy) is 2. The standard InChI is InChI=1S/C9H12O4.CH4/c1-4-8(10)12-6-7(3)13-9(11)5-2;/h4-5,7H,1-2,6H2,3H3;1H4. The summed E-state index contributed by atoms with van der Waals surface area (Å²) in [5, 5.41) is 0. The summed E-state index contributed by atoms with van der Waals surface area (Å²) in [4.78, 5) is 21.2. The smallest absolute Gasteiger partial charge is 0.330 e. The SMILES string of the molecule is C.C=CC(=O)OCC(C)OC(=O)C=C. The molecule has 0 N–H and O–H groups in total. The molecule has 0 spiro atoms. The maximum Gasteiger partial charge on any atom is 0.330 e. The van der Waals surface area contributed by atoms with E-state index in [0.717, 1.165) is 12.2 Å². The number of carbonyl (C=O) groups excluding carboxylic acids is 2. The van der Waals surface area contributed by atoms with E-state index in [0.29, 0.717) is 0 Å². The fourth-order valence-electron chi connectivity index (χ4n) is 0.539. The van der Waals surface area contributed by atoms with E-state index in [1.165, 1.54) is 0 Å². The van der Waals surface area contributed by atoms with E-state index in [4.69, 9.17) is 4.74 Å². The number of esters is 2. The van der Waals surface area contributed by atoms with E-state index in [-0.39, 0.29) is 14.0 Å². The maximum atomic E-state index is 10.6. The third-order valence-corrected chi connectivity index (χ3v) is 1.11. The van der Waals surface area contributed by atoms with Crippen LogP contribution in [0.15, 0.2) is 25.3 Å². The lowest BCUT2D eigenvalue weighted by atomic mass is 10.4. The van der Waals surface area contributed by atoms with Gasteiger partial charge in [-0.15, -0.1) is 0 Å². The van der Waals surface area contributed by atoms with E-state index in [1.54, 1.807) is 6.92 Å². The van der Waals surface area contributed by atoms with Crippen molar-refractivity contribution in [2.24, 2.45) is 0 Å².